The molecule has 1 aliphatic heterocycles. The SMILES string of the molecule is Cc1ccc(C(N)=S)c(N(C)C2CCSC2)n1. The number of hydrogen-bond acceptors (Lipinski definition) is 4. The Labute approximate surface area is 112 Å². The molecule has 1 atom stereocenters. The first-order valence-electron chi connectivity index (χ1n) is 5.67. The van der Waals surface area contributed by atoms with Crippen molar-refractivity contribution >= 4 is 34.8 Å². The molecule has 0 bridgehead atoms. The lowest BCUT2D eigenvalue weighted by atomic mass is 10.1. The molecular weight excluding hydrogens is 250 g/mol. The summed E-state index contributed by atoms with van der Waals surface area (Å²) in [5.74, 6) is 3.30. The van der Waals surface area contributed by atoms with Crippen molar-refractivity contribution in [1.29, 1.82) is 0 Å². The minimum absolute atomic E-state index is 0.421. The minimum Gasteiger partial charge on any atom is -0.389 e. The van der Waals surface area contributed by atoms with Gasteiger partial charge in [-0.05, 0) is 31.2 Å². The molecule has 92 valence electrons. The van der Waals surface area contributed by atoms with E-state index in [2.05, 4.69) is 16.9 Å². The topological polar surface area (TPSA) is 42.1 Å². The number of aryl methyl sites for hydroxylation is 1. The van der Waals surface area contributed by atoms with Crippen LogP contribution in [0.15, 0.2) is 12.1 Å². The first kappa shape index (κ1) is 12.6. The van der Waals surface area contributed by atoms with Gasteiger partial charge in [-0.1, -0.05) is 12.2 Å². The smallest absolute Gasteiger partial charge is 0.139 e. The molecule has 5 heteroatoms. The Balaban J connectivity index is 2.34. The van der Waals surface area contributed by atoms with Crippen molar-refractivity contribution in [1.82, 2.24) is 4.98 Å². The van der Waals surface area contributed by atoms with Gasteiger partial charge in [0.1, 0.15) is 10.8 Å². The number of nitrogens with two attached hydrogens (primary N) is 1. The molecule has 1 saturated heterocycles. The monoisotopic (exact) mass is 267 g/mol. The Morgan fingerprint density at radius 2 is 2.35 bits per heavy atom. The number of nitrogens with zero attached hydrogens (tertiary/aromatic N) is 2. The molecule has 0 amide bonds. The van der Waals surface area contributed by atoms with Gasteiger partial charge < -0.3 is 10.6 Å². The highest BCUT2D eigenvalue weighted by atomic mass is 32.2. The molecule has 1 aromatic rings. The van der Waals surface area contributed by atoms with Crippen molar-refractivity contribution in [2.24, 2.45) is 5.73 Å². The van der Waals surface area contributed by atoms with Gasteiger partial charge in [0.05, 0.1) is 5.56 Å². The van der Waals surface area contributed by atoms with Crippen LogP contribution in [0.25, 0.3) is 0 Å². The van der Waals surface area contributed by atoms with Crippen LogP contribution in [0.5, 0.6) is 0 Å². The maximum Gasteiger partial charge on any atom is 0.139 e. The molecular formula is C12H17N3S2. The first-order chi connectivity index (χ1) is 8.09. The molecule has 1 fully saturated rings. The van der Waals surface area contributed by atoms with Crippen LogP contribution in [-0.4, -0.2) is 34.6 Å². The average molecular weight is 267 g/mol. The number of rotatable bonds is 3. The maximum absolute atomic E-state index is 5.76. The van der Waals surface area contributed by atoms with Gasteiger partial charge >= 0.3 is 0 Å². The van der Waals surface area contributed by atoms with Crippen molar-refractivity contribution in [3.8, 4) is 0 Å². The molecule has 0 saturated carbocycles. The number of thioether (sulfide) groups is 1. The molecule has 17 heavy (non-hydrogen) atoms. The van der Waals surface area contributed by atoms with Gasteiger partial charge in [0.25, 0.3) is 0 Å². The third-order valence-corrected chi connectivity index (χ3v) is 4.43. The zero-order valence-corrected chi connectivity index (χ0v) is 11.8. The van der Waals surface area contributed by atoms with E-state index in [-0.39, 0.29) is 0 Å². The molecule has 2 N–H and O–H groups in total. The second-order valence-electron chi connectivity index (χ2n) is 4.32. The van der Waals surface area contributed by atoms with Crippen molar-refractivity contribution < 1.29 is 0 Å². The van der Waals surface area contributed by atoms with E-state index in [1.54, 1.807) is 0 Å². The van der Waals surface area contributed by atoms with Gasteiger partial charge in [-0.2, -0.15) is 11.8 Å². The van der Waals surface area contributed by atoms with Crippen molar-refractivity contribution in [3.63, 3.8) is 0 Å². The molecule has 2 heterocycles. The second kappa shape index (κ2) is 5.23. The standard InChI is InChI=1S/C12H17N3S2/c1-8-3-4-10(11(13)16)12(14-8)15(2)9-5-6-17-7-9/h3-4,9H,5-7H2,1-2H3,(H2,13,16). The van der Waals surface area contributed by atoms with Gasteiger partial charge in [0.15, 0.2) is 0 Å². The molecule has 0 radical (unpaired) electrons. The summed E-state index contributed by atoms with van der Waals surface area (Å²) >= 11 is 7.08. The first-order valence-corrected chi connectivity index (χ1v) is 7.24. The van der Waals surface area contributed by atoms with Gasteiger partial charge in [-0.3, -0.25) is 0 Å². The van der Waals surface area contributed by atoms with E-state index in [4.69, 9.17) is 18.0 Å². The fraction of sp³-hybridized carbons (Fsp3) is 0.500. The zero-order valence-electron chi connectivity index (χ0n) is 10.1. The Hall–Kier alpha value is -0.810. The van der Waals surface area contributed by atoms with Crippen LogP contribution in [0.1, 0.15) is 17.7 Å². The highest BCUT2D eigenvalue weighted by molar-refractivity contribution is 7.99. The van der Waals surface area contributed by atoms with Crippen molar-refractivity contribution in [3.05, 3.63) is 23.4 Å². The van der Waals surface area contributed by atoms with Crippen LogP contribution < -0.4 is 10.6 Å². The number of pyridine rings is 1. The van der Waals surface area contributed by atoms with E-state index in [0.717, 1.165) is 22.8 Å². The quantitative estimate of drug-likeness (QED) is 0.848. The lowest BCUT2D eigenvalue weighted by Crippen LogP contribution is -2.34. The largest absolute Gasteiger partial charge is 0.389 e. The van der Waals surface area contributed by atoms with E-state index >= 15 is 0 Å². The number of aromatic nitrogens is 1. The van der Waals surface area contributed by atoms with Gasteiger partial charge in [-0.25, -0.2) is 4.98 Å². The van der Waals surface area contributed by atoms with E-state index in [0.29, 0.717) is 11.0 Å². The van der Waals surface area contributed by atoms with E-state index in [1.165, 1.54) is 12.2 Å². The summed E-state index contributed by atoms with van der Waals surface area (Å²) in [7, 11) is 2.08. The third-order valence-electron chi connectivity index (χ3n) is 3.07. The van der Waals surface area contributed by atoms with E-state index in [9.17, 15) is 0 Å². The number of hydrogen-bond donors (Lipinski definition) is 1. The van der Waals surface area contributed by atoms with Crippen LogP contribution in [0.3, 0.4) is 0 Å². The lowest BCUT2D eigenvalue weighted by Gasteiger charge is -2.27. The Bertz CT molecular complexity index is 428. The fourth-order valence-electron chi connectivity index (χ4n) is 2.00. The third kappa shape index (κ3) is 2.72. The molecule has 1 unspecified atom stereocenters. The molecule has 0 aromatic carbocycles. The minimum atomic E-state index is 0.421. The highest BCUT2D eigenvalue weighted by Crippen LogP contribution is 2.27. The summed E-state index contributed by atoms with van der Waals surface area (Å²) in [5.41, 5.74) is 7.64. The number of anilines is 1. The Morgan fingerprint density at radius 1 is 1.59 bits per heavy atom. The summed E-state index contributed by atoms with van der Waals surface area (Å²) in [6.07, 6.45) is 1.20. The van der Waals surface area contributed by atoms with Crippen molar-refractivity contribution in [2.45, 2.75) is 19.4 Å². The molecule has 1 aliphatic rings. The van der Waals surface area contributed by atoms with Crippen LogP contribution in [0, 0.1) is 6.92 Å². The van der Waals surface area contributed by atoms with Gasteiger partial charge in [0, 0.05) is 24.5 Å². The Morgan fingerprint density at radius 3 is 2.94 bits per heavy atom. The Kier molecular flexibility index (Phi) is 3.89. The molecule has 3 nitrogen and oxygen atoms in total. The maximum atomic E-state index is 5.76. The summed E-state index contributed by atoms with van der Waals surface area (Å²) < 4.78 is 0. The molecule has 1 aromatic heterocycles. The fourth-order valence-corrected chi connectivity index (χ4v) is 3.43. The summed E-state index contributed by atoms with van der Waals surface area (Å²) in [6.45, 7) is 1.99. The zero-order chi connectivity index (χ0) is 12.4. The average Bonchev–Trinajstić information content (AvgIpc) is 2.80. The van der Waals surface area contributed by atoms with Crippen LogP contribution >= 0.6 is 24.0 Å². The summed E-state index contributed by atoms with van der Waals surface area (Å²) in [5, 5.41) is 0. The lowest BCUT2D eigenvalue weighted by molar-refractivity contribution is 0.690. The highest BCUT2D eigenvalue weighted by Gasteiger charge is 2.23. The van der Waals surface area contributed by atoms with Gasteiger partial charge in [-0.15, -0.1) is 0 Å². The second-order valence-corrected chi connectivity index (χ2v) is 5.91. The predicted molar refractivity (Wildman–Crippen MR) is 79.0 cm³/mol. The summed E-state index contributed by atoms with van der Waals surface area (Å²) in [4.78, 5) is 7.23. The van der Waals surface area contributed by atoms with Crippen LogP contribution in [-0.2, 0) is 0 Å². The summed E-state index contributed by atoms with van der Waals surface area (Å²) in [6, 6.07) is 4.47. The van der Waals surface area contributed by atoms with Crippen LogP contribution in [0.4, 0.5) is 5.82 Å². The van der Waals surface area contributed by atoms with E-state index < -0.39 is 0 Å². The normalized spacial score (nSPS) is 19.3. The van der Waals surface area contributed by atoms with E-state index in [1.807, 2.05) is 30.8 Å². The van der Waals surface area contributed by atoms with Crippen LogP contribution in [0.2, 0.25) is 0 Å². The van der Waals surface area contributed by atoms with Crippen molar-refractivity contribution in [2.75, 3.05) is 23.5 Å². The molecule has 0 spiro atoms. The molecule has 2 rings (SSSR count). The number of thiocarbonyl (C=S) groups is 1. The van der Waals surface area contributed by atoms with Gasteiger partial charge in [0.2, 0.25) is 0 Å². The molecule has 0 aliphatic carbocycles. The predicted octanol–water partition coefficient (Wildman–Crippen LogP) is 1.97.